The highest BCUT2D eigenvalue weighted by Gasteiger charge is 2.25. The number of hydrogen-bond acceptors (Lipinski definition) is 6. The van der Waals surface area contributed by atoms with Gasteiger partial charge >= 0.3 is 5.69 Å². The quantitative estimate of drug-likeness (QED) is 0.714. The highest BCUT2D eigenvalue weighted by Crippen LogP contribution is 2.45. The molecule has 0 saturated heterocycles. The standard InChI is InChI=1S/C17H22N4O3/c1-17(2,3)21-10-13-15(20-16(21)22)19-14-11(23-9-5-8-18)6-4-7-12(14)24-13/h4,6-7,10H,5,8-9,18H2,1-3H3,(H,19,20,22). The number of para-hydroxylation sites is 1. The van der Waals surface area contributed by atoms with Crippen LogP contribution in [0.2, 0.25) is 0 Å². The van der Waals surface area contributed by atoms with Crippen LogP contribution in [0.4, 0.5) is 11.5 Å². The van der Waals surface area contributed by atoms with Crippen molar-refractivity contribution in [3.63, 3.8) is 0 Å². The minimum Gasteiger partial charge on any atom is -0.491 e. The molecule has 2 aromatic rings. The molecular formula is C17H22N4O3. The Labute approximate surface area is 140 Å². The van der Waals surface area contributed by atoms with Crippen LogP contribution in [-0.2, 0) is 5.54 Å². The zero-order valence-corrected chi connectivity index (χ0v) is 14.1. The van der Waals surface area contributed by atoms with Crippen molar-refractivity contribution < 1.29 is 9.47 Å². The molecule has 0 amide bonds. The fourth-order valence-electron chi connectivity index (χ4n) is 2.42. The molecule has 0 fully saturated rings. The van der Waals surface area contributed by atoms with Gasteiger partial charge in [0.2, 0.25) is 0 Å². The lowest BCUT2D eigenvalue weighted by atomic mass is 10.1. The Hall–Kier alpha value is -2.54. The van der Waals surface area contributed by atoms with Gasteiger partial charge in [-0.1, -0.05) is 6.07 Å². The molecule has 1 aliphatic heterocycles. The normalized spacial score (nSPS) is 12.7. The molecule has 0 spiro atoms. The van der Waals surface area contributed by atoms with Gasteiger partial charge in [-0.2, -0.15) is 4.98 Å². The van der Waals surface area contributed by atoms with Gasteiger partial charge < -0.3 is 20.5 Å². The zero-order valence-electron chi connectivity index (χ0n) is 14.1. The predicted molar refractivity (Wildman–Crippen MR) is 92.5 cm³/mol. The summed E-state index contributed by atoms with van der Waals surface area (Å²) in [5, 5.41) is 3.15. The second kappa shape index (κ2) is 6.16. The third-order valence-corrected chi connectivity index (χ3v) is 3.67. The summed E-state index contributed by atoms with van der Waals surface area (Å²) in [4.78, 5) is 16.4. The van der Waals surface area contributed by atoms with E-state index in [-0.39, 0.29) is 11.2 Å². The number of fused-ring (bicyclic) bond motifs is 2. The van der Waals surface area contributed by atoms with Crippen LogP contribution in [0.15, 0.2) is 29.2 Å². The SMILES string of the molecule is CC(C)(C)n1cc2c(nc1=O)Nc1c(OCCCN)cccc1O2. The van der Waals surface area contributed by atoms with Crippen LogP contribution in [-0.4, -0.2) is 22.7 Å². The maximum absolute atomic E-state index is 12.3. The molecule has 128 valence electrons. The summed E-state index contributed by atoms with van der Waals surface area (Å²) in [6.45, 7) is 6.90. The Balaban J connectivity index is 1.96. The number of hydrogen-bond donors (Lipinski definition) is 2. The minimum atomic E-state index is -0.379. The van der Waals surface area contributed by atoms with Gasteiger partial charge in [0.1, 0.15) is 11.4 Å². The minimum absolute atomic E-state index is 0.331. The molecule has 24 heavy (non-hydrogen) atoms. The number of ether oxygens (including phenoxy) is 2. The number of anilines is 2. The Morgan fingerprint density at radius 3 is 2.83 bits per heavy atom. The molecule has 7 nitrogen and oxygen atoms in total. The molecule has 0 aliphatic carbocycles. The van der Waals surface area contributed by atoms with Crippen LogP contribution in [0.1, 0.15) is 27.2 Å². The average molecular weight is 330 g/mol. The summed E-state index contributed by atoms with van der Waals surface area (Å²) in [5.41, 5.74) is 5.45. The van der Waals surface area contributed by atoms with Crippen LogP contribution in [0.5, 0.6) is 17.2 Å². The monoisotopic (exact) mass is 330 g/mol. The Morgan fingerprint density at radius 2 is 2.12 bits per heavy atom. The highest BCUT2D eigenvalue weighted by atomic mass is 16.5. The molecule has 0 unspecified atom stereocenters. The highest BCUT2D eigenvalue weighted by molar-refractivity contribution is 5.77. The lowest BCUT2D eigenvalue weighted by Crippen LogP contribution is -2.35. The summed E-state index contributed by atoms with van der Waals surface area (Å²) in [6, 6.07) is 5.54. The number of nitrogens with one attached hydrogen (secondary N) is 1. The van der Waals surface area contributed by atoms with Crippen LogP contribution >= 0.6 is 0 Å². The number of nitrogens with two attached hydrogens (primary N) is 1. The van der Waals surface area contributed by atoms with E-state index in [0.29, 0.717) is 41.9 Å². The molecular weight excluding hydrogens is 308 g/mol. The van der Waals surface area contributed by atoms with Crippen LogP contribution in [0.3, 0.4) is 0 Å². The molecule has 0 saturated carbocycles. The lowest BCUT2D eigenvalue weighted by molar-refractivity contribution is 0.313. The Bertz CT molecular complexity index is 808. The zero-order chi connectivity index (χ0) is 17.3. The van der Waals surface area contributed by atoms with Crippen molar-refractivity contribution in [3.05, 3.63) is 34.9 Å². The van der Waals surface area contributed by atoms with Crippen molar-refractivity contribution in [3.8, 4) is 17.2 Å². The van der Waals surface area contributed by atoms with E-state index in [2.05, 4.69) is 10.3 Å². The van der Waals surface area contributed by atoms with E-state index in [1.807, 2.05) is 39.0 Å². The first-order valence-electron chi connectivity index (χ1n) is 7.95. The second-order valence-electron chi connectivity index (χ2n) is 6.62. The molecule has 3 rings (SSSR count). The summed E-state index contributed by atoms with van der Waals surface area (Å²) < 4.78 is 13.2. The summed E-state index contributed by atoms with van der Waals surface area (Å²) in [7, 11) is 0. The van der Waals surface area contributed by atoms with Gasteiger partial charge in [0, 0.05) is 5.54 Å². The van der Waals surface area contributed by atoms with Crippen molar-refractivity contribution in [2.45, 2.75) is 32.7 Å². The van der Waals surface area contributed by atoms with Gasteiger partial charge in [-0.25, -0.2) is 4.79 Å². The molecule has 7 heteroatoms. The smallest absolute Gasteiger partial charge is 0.350 e. The molecule has 3 N–H and O–H groups in total. The van der Waals surface area contributed by atoms with E-state index < -0.39 is 0 Å². The van der Waals surface area contributed by atoms with E-state index in [1.54, 1.807) is 10.8 Å². The number of rotatable bonds is 4. The van der Waals surface area contributed by atoms with Crippen molar-refractivity contribution in [2.75, 3.05) is 18.5 Å². The van der Waals surface area contributed by atoms with Crippen LogP contribution in [0.25, 0.3) is 0 Å². The number of nitrogens with zero attached hydrogens (tertiary/aromatic N) is 2. The first-order chi connectivity index (χ1) is 11.4. The average Bonchev–Trinajstić information content (AvgIpc) is 2.52. The van der Waals surface area contributed by atoms with Crippen LogP contribution in [0, 0.1) is 0 Å². The van der Waals surface area contributed by atoms with E-state index in [9.17, 15) is 4.79 Å². The third-order valence-electron chi connectivity index (χ3n) is 3.67. The molecule has 1 aromatic carbocycles. The topological polar surface area (TPSA) is 91.4 Å². The van der Waals surface area contributed by atoms with Gasteiger partial charge in [-0.05, 0) is 45.9 Å². The van der Waals surface area contributed by atoms with Crippen LogP contribution < -0.4 is 26.2 Å². The van der Waals surface area contributed by atoms with Gasteiger partial charge in [0.15, 0.2) is 17.3 Å². The number of aromatic nitrogens is 2. The third kappa shape index (κ3) is 3.07. The first kappa shape index (κ1) is 16.3. The molecule has 1 aromatic heterocycles. The molecule has 2 heterocycles. The maximum Gasteiger partial charge on any atom is 0.350 e. The van der Waals surface area contributed by atoms with Gasteiger partial charge in [-0.15, -0.1) is 0 Å². The largest absolute Gasteiger partial charge is 0.491 e. The first-order valence-corrected chi connectivity index (χ1v) is 7.95. The maximum atomic E-state index is 12.3. The van der Waals surface area contributed by atoms with E-state index >= 15 is 0 Å². The van der Waals surface area contributed by atoms with Gasteiger partial charge in [0.25, 0.3) is 0 Å². The predicted octanol–water partition coefficient (Wildman–Crippen LogP) is 2.58. The number of benzene rings is 1. The fraction of sp³-hybridized carbons (Fsp3) is 0.412. The Morgan fingerprint density at radius 1 is 1.33 bits per heavy atom. The van der Waals surface area contributed by atoms with Crippen molar-refractivity contribution >= 4 is 11.5 Å². The lowest BCUT2D eigenvalue weighted by Gasteiger charge is -2.26. The van der Waals surface area contributed by atoms with Crippen molar-refractivity contribution in [1.82, 2.24) is 9.55 Å². The van der Waals surface area contributed by atoms with Gasteiger partial charge in [-0.3, -0.25) is 4.57 Å². The van der Waals surface area contributed by atoms with E-state index in [4.69, 9.17) is 15.2 Å². The van der Waals surface area contributed by atoms with E-state index in [1.165, 1.54) is 0 Å². The molecule has 1 aliphatic rings. The van der Waals surface area contributed by atoms with E-state index in [0.717, 1.165) is 6.42 Å². The summed E-state index contributed by atoms with van der Waals surface area (Å²) >= 11 is 0. The molecule has 0 atom stereocenters. The molecule has 0 radical (unpaired) electrons. The van der Waals surface area contributed by atoms with Crippen molar-refractivity contribution in [1.29, 1.82) is 0 Å². The Kier molecular flexibility index (Phi) is 4.19. The summed E-state index contributed by atoms with van der Waals surface area (Å²) in [6.07, 6.45) is 2.44. The summed E-state index contributed by atoms with van der Waals surface area (Å²) in [5.74, 6) is 2.18. The van der Waals surface area contributed by atoms with Gasteiger partial charge in [0.05, 0.1) is 12.8 Å². The second-order valence-corrected chi connectivity index (χ2v) is 6.62. The molecule has 0 bridgehead atoms. The fourth-order valence-corrected chi connectivity index (χ4v) is 2.42. The van der Waals surface area contributed by atoms with Crippen molar-refractivity contribution in [2.24, 2.45) is 5.73 Å².